The average Bonchev–Trinajstić information content (AvgIpc) is 3.16. The van der Waals surface area contributed by atoms with Crippen molar-refractivity contribution in [1.82, 2.24) is 4.98 Å². The third-order valence-electron chi connectivity index (χ3n) is 4.36. The van der Waals surface area contributed by atoms with Crippen molar-refractivity contribution in [3.8, 4) is 23.0 Å². The highest BCUT2D eigenvalue weighted by atomic mass is 35.5. The van der Waals surface area contributed by atoms with Crippen molar-refractivity contribution < 1.29 is 18.7 Å². The fraction of sp³-hybridized carbons (Fsp3) is 0.0909. The molecular formula is C22H17ClN2O4. The molecule has 0 saturated carbocycles. The van der Waals surface area contributed by atoms with Crippen molar-refractivity contribution in [1.29, 1.82) is 0 Å². The van der Waals surface area contributed by atoms with Crippen LogP contribution in [0, 0.1) is 0 Å². The number of carbonyl (C=O) groups is 1. The maximum absolute atomic E-state index is 12.4. The molecule has 29 heavy (non-hydrogen) atoms. The molecule has 6 nitrogen and oxygen atoms in total. The molecule has 0 bridgehead atoms. The molecule has 0 spiro atoms. The number of rotatable bonds is 5. The van der Waals surface area contributed by atoms with Gasteiger partial charge in [-0.05, 0) is 54.6 Å². The summed E-state index contributed by atoms with van der Waals surface area (Å²) in [5.74, 6) is 1.40. The van der Waals surface area contributed by atoms with E-state index in [0.717, 1.165) is 5.56 Å². The number of hydrogen-bond acceptors (Lipinski definition) is 5. The van der Waals surface area contributed by atoms with Gasteiger partial charge in [-0.25, -0.2) is 4.98 Å². The minimum Gasteiger partial charge on any atom is -0.493 e. The summed E-state index contributed by atoms with van der Waals surface area (Å²) >= 11 is 5.95. The van der Waals surface area contributed by atoms with E-state index in [9.17, 15) is 4.79 Å². The van der Waals surface area contributed by atoms with E-state index in [2.05, 4.69) is 10.3 Å². The average molecular weight is 409 g/mol. The molecule has 0 fully saturated rings. The molecule has 0 aliphatic carbocycles. The number of carbonyl (C=O) groups excluding carboxylic acids is 1. The van der Waals surface area contributed by atoms with Crippen LogP contribution < -0.4 is 14.8 Å². The maximum atomic E-state index is 12.4. The largest absolute Gasteiger partial charge is 0.493 e. The van der Waals surface area contributed by atoms with Gasteiger partial charge >= 0.3 is 0 Å². The molecule has 3 aromatic carbocycles. The Morgan fingerprint density at radius 2 is 1.83 bits per heavy atom. The molecule has 1 heterocycles. The number of aromatic nitrogens is 1. The summed E-state index contributed by atoms with van der Waals surface area (Å²) in [6.45, 7) is 0. The number of halogens is 1. The Hall–Kier alpha value is -3.51. The quantitative estimate of drug-likeness (QED) is 0.477. The molecule has 1 aromatic heterocycles. The molecule has 0 saturated heterocycles. The van der Waals surface area contributed by atoms with Crippen molar-refractivity contribution in [2.45, 2.75) is 0 Å². The van der Waals surface area contributed by atoms with Crippen LogP contribution in [0.5, 0.6) is 11.5 Å². The molecule has 0 aliphatic heterocycles. The van der Waals surface area contributed by atoms with Gasteiger partial charge in [0.15, 0.2) is 17.1 Å². The summed E-state index contributed by atoms with van der Waals surface area (Å²) in [7, 11) is 3.15. The molecule has 0 radical (unpaired) electrons. The zero-order chi connectivity index (χ0) is 20.4. The van der Waals surface area contributed by atoms with E-state index in [1.54, 1.807) is 68.8 Å². The van der Waals surface area contributed by atoms with E-state index in [1.807, 2.05) is 6.07 Å². The van der Waals surface area contributed by atoms with Gasteiger partial charge in [0.1, 0.15) is 5.52 Å². The van der Waals surface area contributed by atoms with Crippen LogP contribution in [0.3, 0.4) is 0 Å². The smallest absolute Gasteiger partial charge is 0.255 e. The first-order valence-electron chi connectivity index (χ1n) is 8.77. The van der Waals surface area contributed by atoms with Gasteiger partial charge in [-0.15, -0.1) is 0 Å². The molecular weight excluding hydrogens is 392 g/mol. The fourth-order valence-electron chi connectivity index (χ4n) is 2.93. The first-order chi connectivity index (χ1) is 14.1. The molecule has 1 amide bonds. The second kappa shape index (κ2) is 7.85. The third kappa shape index (κ3) is 3.88. The Balaban J connectivity index is 1.62. The predicted molar refractivity (Wildman–Crippen MR) is 112 cm³/mol. The molecule has 0 aliphatic rings. The molecule has 1 N–H and O–H groups in total. The number of methoxy groups -OCH3 is 2. The van der Waals surface area contributed by atoms with E-state index in [1.165, 1.54) is 0 Å². The van der Waals surface area contributed by atoms with Crippen molar-refractivity contribution >= 4 is 34.3 Å². The number of anilines is 1. The van der Waals surface area contributed by atoms with Crippen LogP contribution in [-0.2, 0) is 0 Å². The van der Waals surface area contributed by atoms with Gasteiger partial charge in [0.05, 0.1) is 14.2 Å². The van der Waals surface area contributed by atoms with Crippen LogP contribution in [0.1, 0.15) is 10.4 Å². The normalized spacial score (nSPS) is 10.7. The molecule has 4 aromatic rings. The lowest BCUT2D eigenvalue weighted by atomic mass is 10.2. The number of nitrogens with one attached hydrogen (secondary N) is 1. The van der Waals surface area contributed by atoms with Crippen LogP contribution in [0.4, 0.5) is 5.69 Å². The van der Waals surface area contributed by atoms with E-state index in [4.69, 9.17) is 25.5 Å². The van der Waals surface area contributed by atoms with Gasteiger partial charge < -0.3 is 19.2 Å². The highest BCUT2D eigenvalue weighted by Crippen LogP contribution is 2.33. The van der Waals surface area contributed by atoms with Gasteiger partial charge in [0.25, 0.3) is 5.91 Å². The SMILES string of the molecule is COc1ccc(-c2nc3cc(NC(=O)c4cccc(Cl)c4)ccc3o2)cc1OC. The minimum absolute atomic E-state index is 0.254. The van der Waals surface area contributed by atoms with Gasteiger partial charge in [0.2, 0.25) is 5.89 Å². The number of nitrogens with zero attached hydrogens (tertiary/aromatic N) is 1. The Bertz CT molecular complexity index is 1200. The molecule has 0 unspecified atom stereocenters. The highest BCUT2D eigenvalue weighted by molar-refractivity contribution is 6.31. The topological polar surface area (TPSA) is 73.6 Å². The lowest BCUT2D eigenvalue weighted by molar-refractivity contribution is 0.102. The van der Waals surface area contributed by atoms with Crippen molar-refractivity contribution in [3.05, 3.63) is 71.2 Å². The Labute approximate surface area is 172 Å². The van der Waals surface area contributed by atoms with Crippen molar-refractivity contribution in [2.24, 2.45) is 0 Å². The van der Waals surface area contributed by atoms with Crippen molar-refractivity contribution in [2.75, 3.05) is 19.5 Å². The molecule has 0 atom stereocenters. The summed E-state index contributed by atoms with van der Waals surface area (Å²) in [5, 5.41) is 3.35. The second-order valence-electron chi connectivity index (χ2n) is 6.24. The Kier molecular flexibility index (Phi) is 5.10. The first kappa shape index (κ1) is 18.8. The number of hydrogen-bond donors (Lipinski definition) is 1. The Morgan fingerprint density at radius 1 is 1.00 bits per heavy atom. The van der Waals surface area contributed by atoms with Crippen LogP contribution in [-0.4, -0.2) is 25.1 Å². The highest BCUT2D eigenvalue weighted by Gasteiger charge is 2.13. The third-order valence-corrected chi connectivity index (χ3v) is 4.60. The Morgan fingerprint density at radius 3 is 2.59 bits per heavy atom. The summed E-state index contributed by atoms with van der Waals surface area (Å²) in [5.41, 5.74) is 3.07. The lowest BCUT2D eigenvalue weighted by Crippen LogP contribution is -2.11. The maximum Gasteiger partial charge on any atom is 0.255 e. The molecule has 7 heteroatoms. The van der Waals surface area contributed by atoms with E-state index in [-0.39, 0.29) is 5.91 Å². The van der Waals surface area contributed by atoms with E-state index in [0.29, 0.717) is 44.8 Å². The molecule has 146 valence electrons. The van der Waals surface area contributed by atoms with Crippen molar-refractivity contribution in [3.63, 3.8) is 0 Å². The van der Waals surface area contributed by atoms with Crippen LogP contribution in [0.15, 0.2) is 65.1 Å². The van der Waals surface area contributed by atoms with Gasteiger partial charge in [-0.1, -0.05) is 17.7 Å². The fourth-order valence-corrected chi connectivity index (χ4v) is 3.12. The predicted octanol–water partition coefficient (Wildman–Crippen LogP) is 5.42. The van der Waals surface area contributed by atoms with Gasteiger partial charge in [-0.3, -0.25) is 4.79 Å². The van der Waals surface area contributed by atoms with E-state index < -0.39 is 0 Å². The molecule has 4 rings (SSSR count). The number of oxazole rings is 1. The first-order valence-corrected chi connectivity index (χ1v) is 9.15. The lowest BCUT2D eigenvalue weighted by Gasteiger charge is -2.07. The minimum atomic E-state index is -0.254. The van der Waals surface area contributed by atoms with Gasteiger partial charge in [0, 0.05) is 21.8 Å². The monoisotopic (exact) mass is 408 g/mol. The van der Waals surface area contributed by atoms with Crippen LogP contribution in [0.25, 0.3) is 22.6 Å². The summed E-state index contributed by atoms with van der Waals surface area (Å²) < 4.78 is 16.4. The number of benzene rings is 3. The number of ether oxygens (including phenoxy) is 2. The summed E-state index contributed by atoms with van der Waals surface area (Å²) in [6.07, 6.45) is 0. The van der Waals surface area contributed by atoms with E-state index >= 15 is 0 Å². The van der Waals surface area contributed by atoms with Crippen LogP contribution in [0.2, 0.25) is 5.02 Å². The summed E-state index contributed by atoms with van der Waals surface area (Å²) in [4.78, 5) is 17.0. The van der Waals surface area contributed by atoms with Crippen LogP contribution >= 0.6 is 11.6 Å². The summed E-state index contributed by atoms with van der Waals surface area (Å²) in [6, 6.07) is 17.5. The zero-order valence-corrected chi connectivity index (χ0v) is 16.5. The second-order valence-corrected chi connectivity index (χ2v) is 6.67. The number of fused-ring (bicyclic) bond motifs is 1. The zero-order valence-electron chi connectivity index (χ0n) is 15.7. The standard InChI is InChI=1S/C22H17ClN2O4/c1-27-19-8-6-14(11-20(19)28-2)22-25-17-12-16(7-9-18(17)29-22)24-21(26)13-4-3-5-15(23)10-13/h3-12H,1-2H3,(H,24,26). The number of amides is 1. The van der Waals surface area contributed by atoms with Gasteiger partial charge in [-0.2, -0.15) is 0 Å².